The molecule has 1 fully saturated rings. The van der Waals surface area contributed by atoms with Crippen LogP contribution < -0.4 is 5.73 Å². The minimum absolute atomic E-state index is 0.119. The lowest BCUT2D eigenvalue weighted by Gasteiger charge is -2.40. The van der Waals surface area contributed by atoms with Crippen LogP contribution in [-0.4, -0.2) is 16.2 Å². The van der Waals surface area contributed by atoms with E-state index in [1.54, 1.807) is 23.9 Å². The van der Waals surface area contributed by atoms with Crippen molar-refractivity contribution in [2.24, 2.45) is 17.1 Å². The Morgan fingerprint density at radius 2 is 1.95 bits per heavy atom. The summed E-state index contributed by atoms with van der Waals surface area (Å²) in [6.45, 7) is 6.80. The van der Waals surface area contributed by atoms with E-state index >= 15 is 0 Å². The van der Waals surface area contributed by atoms with E-state index in [2.05, 4.69) is 20.8 Å². The Morgan fingerprint density at radius 1 is 1.29 bits per heavy atom. The molecule has 4 nitrogen and oxygen atoms in total. The molecule has 3 atom stereocenters. The molecule has 5 heteroatoms. The third kappa shape index (κ3) is 3.98. The number of benzene rings is 1. The minimum Gasteiger partial charge on any atom is -0.327 e. The third-order valence-electron chi connectivity index (χ3n) is 4.41. The van der Waals surface area contributed by atoms with E-state index in [1.807, 2.05) is 12.1 Å². The molecule has 0 aliphatic heterocycles. The molecular weight excluding hydrogens is 284 g/mol. The highest BCUT2D eigenvalue weighted by atomic mass is 32.2. The van der Waals surface area contributed by atoms with Crippen LogP contribution in [0.25, 0.3) is 0 Å². The van der Waals surface area contributed by atoms with E-state index in [0.717, 1.165) is 24.2 Å². The monoisotopic (exact) mass is 308 g/mol. The van der Waals surface area contributed by atoms with E-state index < -0.39 is 0 Å². The topological polar surface area (TPSA) is 69.2 Å². The summed E-state index contributed by atoms with van der Waals surface area (Å²) in [6, 6.07) is 7.08. The van der Waals surface area contributed by atoms with Gasteiger partial charge < -0.3 is 5.73 Å². The average molecular weight is 308 g/mol. The van der Waals surface area contributed by atoms with Crippen molar-refractivity contribution in [3.8, 4) is 0 Å². The van der Waals surface area contributed by atoms with Crippen molar-refractivity contribution in [2.45, 2.75) is 56.2 Å². The van der Waals surface area contributed by atoms with Gasteiger partial charge in [0.1, 0.15) is 0 Å². The summed E-state index contributed by atoms with van der Waals surface area (Å²) in [5.41, 5.74) is 6.72. The second-order valence-corrected chi connectivity index (χ2v) is 8.20. The van der Waals surface area contributed by atoms with Crippen LogP contribution in [0.15, 0.2) is 29.2 Å². The van der Waals surface area contributed by atoms with Crippen LogP contribution in [0.2, 0.25) is 0 Å². The molecule has 1 aromatic rings. The molecule has 1 aliphatic carbocycles. The molecule has 0 aromatic heterocycles. The second-order valence-electron chi connectivity index (χ2n) is 6.92. The van der Waals surface area contributed by atoms with Crippen LogP contribution in [-0.2, 0) is 0 Å². The van der Waals surface area contributed by atoms with Gasteiger partial charge in [-0.15, -0.1) is 11.8 Å². The highest BCUT2D eigenvalue weighted by Gasteiger charge is 2.35. The number of para-hydroxylation sites is 1. The number of thioether (sulfide) groups is 1. The van der Waals surface area contributed by atoms with Gasteiger partial charge in [0.2, 0.25) is 0 Å². The van der Waals surface area contributed by atoms with E-state index in [9.17, 15) is 10.1 Å². The average Bonchev–Trinajstić information content (AvgIpc) is 2.40. The van der Waals surface area contributed by atoms with Gasteiger partial charge in [0.15, 0.2) is 0 Å². The van der Waals surface area contributed by atoms with Crippen LogP contribution in [0, 0.1) is 21.4 Å². The summed E-state index contributed by atoms with van der Waals surface area (Å²) < 4.78 is 0. The number of nitrogens with zero attached hydrogens (tertiary/aromatic N) is 1. The van der Waals surface area contributed by atoms with Gasteiger partial charge in [-0.2, -0.15) is 0 Å². The number of rotatable bonds is 3. The molecule has 116 valence electrons. The Labute approximate surface area is 130 Å². The maximum absolute atomic E-state index is 11.1. The van der Waals surface area contributed by atoms with Crippen LogP contribution in [0.3, 0.4) is 0 Å². The summed E-state index contributed by atoms with van der Waals surface area (Å²) >= 11 is 1.58. The second kappa shape index (κ2) is 6.36. The zero-order chi connectivity index (χ0) is 15.6. The minimum atomic E-state index is -0.308. The Bertz CT molecular complexity index is 513. The molecule has 1 saturated carbocycles. The van der Waals surface area contributed by atoms with Gasteiger partial charge in [-0.1, -0.05) is 32.9 Å². The fourth-order valence-electron chi connectivity index (χ4n) is 2.95. The van der Waals surface area contributed by atoms with Gasteiger partial charge in [0, 0.05) is 17.4 Å². The lowest BCUT2D eigenvalue weighted by molar-refractivity contribution is -0.387. The number of hydrogen-bond acceptors (Lipinski definition) is 4. The number of nitro benzene ring substituents is 1. The maximum atomic E-state index is 11.1. The van der Waals surface area contributed by atoms with Crippen molar-refractivity contribution in [3.63, 3.8) is 0 Å². The summed E-state index contributed by atoms with van der Waals surface area (Å²) in [6.07, 6.45) is 3.18. The third-order valence-corrected chi connectivity index (χ3v) is 5.85. The van der Waals surface area contributed by atoms with Crippen LogP contribution in [0.5, 0.6) is 0 Å². The number of nitro groups is 1. The van der Waals surface area contributed by atoms with Crippen LogP contribution in [0.1, 0.15) is 40.0 Å². The van der Waals surface area contributed by atoms with Gasteiger partial charge in [-0.25, -0.2) is 0 Å². The van der Waals surface area contributed by atoms with E-state index in [0.29, 0.717) is 5.92 Å². The molecule has 3 unspecified atom stereocenters. The van der Waals surface area contributed by atoms with Crippen LogP contribution >= 0.6 is 11.8 Å². The van der Waals surface area contributed by atoms with Crippen molar-refractivity contribution in [3.05, 3.63) is 34.4 Å². The number of nitrogens with two attached hydrogens (primary N) is 1. The van der Waals surface area contributed by atoms with Gasteiger partial charge in [-0.3, -0.25) is 10.1 Å². The summed E-state index contributed by atoms with van der Waals surface area (Å²) in [7, 11) is 0. The van der Waals surface area contributed by atoms with Crippen molar-refractivity contribution < 1.29 is 4.92 Å². The highest BCUT2D eigenvalue weighted by Crippen LogP contribution is 2.44. The van der Waals surface area contributed by atoms with E-state index in [-0.39, 0.29) is 27.3 Å². The summed E-state index contributed by atoms with van der Waals surface area (Å²) in [4.78, 5) is 11.6. The molecule has 0 spiro atoms. The molecule has 1 aromatic carbocycles. The lowest BCUT2D eigenvalue weighted by atomic mass is 9.71. The van der Waals surface area contributed by atoms with Gasteiger partial charge in [0.05, 0.1) is 9.82 Å². The molecule has 1 aliphatic rings. The van der Waals surface area contributed by atoms with Crippen molar-refractivity contribution >= 4 is 17.4 Å². The smallest absolute Gasteiger partial charge is 0.282 e. The molecule has 21 heavy (non-hydrogen) atoms. The van der Waals surface area contributed by atoms with Crippen molar-refractivity contribution in [2.75, 3.05) is 0 Å². The van der Waals surface area contributed by atoms with E-state index in [1.165, 1.54) is 0 Å². The van der Waals surface area contributed by atoms with Gasteiger partial charge in [0.25, 0.3) is 5.69 Å². The molecular formula is C16H24N2O2S. The first-order chi connectivity index (χ1) is 9.79. The normalized spacial score (nSPS) is 26.6. The molecule has 0 amide bonds. The molecule has 2 N–H and O–H groups in total. The maximum Gasteiger partial charge on any atom is 0.282 e. The number of hydrogen-bond donors (Lipinski definition) is 1. The summed E-state index contributed by atoms with van der Waals surface area (Å²) in [5.74, 6) is 0.623. The SMILES string of the molecule is CC(C)(C)C1CCC(N)C(Sc2ccccc2[N+](=O)[O-])C1. The van der Waals surface area contributed by atoms with Crippen molar-refractivity contribution in [1.29, 1.82) is 0 Å². The predicted molar refractivity (Wildman–Crippen MR) is 87.5 cm³/mol. The molecule has 0 heterocycles. The summed E-state index contributed by atoms with van der Waals surface area (Å²) in [5, 5.41) is 11.4. The van der Waals surface area contributed by atoms with Gasteiger partial charge in [-0.05, 0) is 36.7 Å². The quantitative estimate of drug-likeness (QED) is 0.670. The first kappa shape index (κ1) is 16.3. The lowest BCUT2D eigenvalue weighted by Crippen LogP contribution is -2.41. The molecule has 2 rings (SSSR count). The predicted octanol–water partition coefficient (Wildman–Crippen LogP) is 4.23. The fraction of sp³-hybridized carbons (Fsp3) is 0.625. The Morgan fingerprint density at radius 3 is 2.57 bits per heavy atom. The molecule has 0 radical (unpaired) electrons. The standard InChI is InChI=1S/C16H24N2O2S/c1-16(2,3)11-8-9-12(17)15(10-11)21-14-7-5-4-6-13(14)18(19)20/h4-7,11-12,15H,8-10,17H2,1-3H3. The Balaban J connectivity index is 2.16. The first-order valence-electron chi connectivity index (χ1n) is 7.44. The zero-order valence-corrected chi connectivity index (χ0v) is 13.7. The highest BCUT2D eigenvalue weighted by molar-refractivity contribution is 8.00. The Kier molecular flexibility index (Phi) is 4.94. The van der Waals surface area contributed by atoms with Crippen molar-refractivity contribution in [1.82, 2.24) is 0 Å². The first-order valence-corrected chi connectivity index (χ1v) is 8.32. The van der Waals surface area contributed by atoms with Gasteiger partial charge >= 0.3 is 0 Å². The molecule has 0 bridgehead atoms. The zero-order valence-electron chi connectivity index (χ0n) is 12.9. The van der Waals surface area contributed by atoms with Crippen LogP contribution in [0.4, 0.5) is 5.69 Å². The fourth-order valence-corrected chi connectivity index (χ4v) is 4.33. The Hall–Kier alpha value is -1.07. The largest absolute Gasteiger partial charge is 0.327 e. The van der Waals surface area contributed by atoms with E-state index in [4.69, 9.17) is 5.73 Å². The molecule has 0 saturated heterocycles.